The van der Waals surface area contributed by atoms with E-state index in [1.807, 2.05) is 37.3 Å². The summed E-state index contributed by atoms with van der Waals surface area (Å²) >= 11 is 1.20. The summed E-state index contributed by atoms with van der Waals surface area (Å²) in [5.41, 5.74) is 1.35. The number of nitrogens with zero attached hydrogens (tertiary/aromatic N) is 2. The summed E-state index contributed by atoms with van der Waals surface area (Å²) in [6, 6.07) is 16.4. The van der Waals surface area contributed by atoms with E-state index in [4.69, 9.17) is 9.84 Å². The molecule has 0 unspecified atom stereocenters. The van der Waals surface area contributed by atoms with Crippen LogP contribution >= 0.6 is 11.8 Å². The van der Waals surface area contributed by atoms with Crippen molar-refractivity contribution in [3.8, 4) is 5.75 Å². The number of amides is 2. The van der Waals surface area contributed by atoms with Gasteiger partial charge in [-0.2, -0.15) is 0 Å². The summed E-state index contributed by atoms with van der Waals surface area (Å²) in [6.45, 7) is 2.75. The second-order valence-corrected chi connectivity index (χ2v) is 7.81. The number of benzene rings is 2. The first-order valence-electron chi connectivity index (χ1n) is 9.86. The molecule has 0 spiro atoms. The second-order valence-electron chi connectivity index (χ2n) is 6.62. The molecule has 0 aliphatic carbocycles. The van der Waals surface area contributed by atoms with Crippen LogP contribution in [0.3, 0.4) is 0 Å². The average molecular weight is 428 g/mol. The average Bonchev–Trinajstić information content (AvgIpc) is 3.04. The van der Waals surface area contributed by atoms with Crippen molar-refractivity contribution in [3.63, 3.8) is 0 Å². The Bertz CT molecular complexity index is 887. The third-order valence-corrected chi connectivity index (χ3v) is 5.41. The SMILES string of the molecule is CCCOc1ccc(N2C(=O)C[C@H](SC(=NCCO)Nc3ccccc3)C2=O)cc1. The van der Waals surface area contributed by atoms with E-state index in [1.165, 1.54) is 16.7 Å². The van der Waals surface area contributed by atoms with Crippen molar-refractivity contribution in [2.75, 3.05) is 30.0 Å². The van der Waals surface area contributed by atoms with Gasteiger partial charge in [0.05, 0.1) is 25.4 Å². The van der Waals surface area contributed by atoms with Crippen molar-refractivity contribution in [2.24, 2.45) is 4.99 Å². The van der Waals surface area contributed by atoms with Gasteiger partial charge in [-0.25, -0.2) is 4.90 Å². The van der Waals surface area contributed by atoms with E-state index in [1.54, 1.807) is 24.3 Å². The topological polar surface area (TPSA) is 91.2 Å². The minimum Gasteiger partial charge on any atom is -0.494 e. The maximum atomic E-state index is 13.0. The highest BCUT2D eigenvalue weighted by atomic mass is 32.2. The number of aliphatic hydroxyl groups excluding tert-OH is 1. The third-order valence-electron chi connectivity index (χ3n) is 4.31. The molecule has 1 heterocycles. The van der Waals surface area contributed by atoms with Gasteiger partial charge < -0.3 is 15.2 Å². The molecule has 1 aliphatic rings. The highest BCUT2D eigenvalue weighted by Gasteiger charge is 2.40. The largest absolute Gasteiger partial charge is 0.494 e. The standard InChI is InChI=1S/C22H25N3O4S/c1-2-14-29-18-10-8-17(9-11-18)25-20(27)15-19(21(25)28)30-22(23-12-13-26)24-16-6-4-3-5-7-16/h3-11,19,26H,2,12-15H2,1H3,(H,23,24)/t19-/m0/s1. The molecule has 2 aromatic carbocycles. The second kappa shape index (κ2) is 10.8. The number of hydrogen-bond acceptors (Lipinski definition) is 6. The third kappa shape index (κ3) is 5.61. The lowest BCUT2D eigenvalue weighted by molar-refractivity contribution is -0.121. The first-order chi connectivity index (χ1) is 14.6. The lowest BCUT2D eigenvalue weighted by Crippen LogP contribution is -2.31. The molecule has 1 saturated heterocycles. The van der Waals surface area contributed by atoms with E-state index >= 15 is 0 Å². The highest BCUT2D eigenvalue weighted by molar-refractivity contribution is 8.15. The molecule has 0 radical (unpaired) electrons. The summed E-state index contributed by atoms with van der Waals surface area (Å²) < 4.78 is 5.56. The molecular formula is C22H25N3O4S. The molecular weight excluding hydrogens is 402 g/mol. The highest BCUT2D eigenvalue weighted by Crippen LogP contribution is 2.31. The molecule has 8 heteroatoms. The molecule has 0 saturated carbocycles. The lowest BCUT2D eigenvalue weighted by atomic mass is 10.3. The Balaban J connectivity index is 1.70. The van der Waals surface area contributed by atoms with Gasteiger partial charge in [-0.1, -0.05) is 36.9 Å². The molecule has 158 valence electrons. The van der Waals surface area contributed by atoms with Gasteiger partial charge in [-0.3, -0.25) is 14.6 Å². The minimum atomic E-state index is -0.581. The summed E-state index contributed by atoms with van der Waals surface area (Å²) in [7, 11) is 0. The van der Waals surface area contributed by atoms with Gasteiger partial charge in [0, 0.05) is 12.1 Å². The van der Waals surface area contributed by atoms with Gasteiger partial charge in [0.2, 0.25) is 11.8 Å². The minimum absolute atomic E-state index is 0.0895. The number of imide groups is 1. The number of para-hydroxylation sites is 1. The fourth-order valence-corrected chi connectivity index (χ4v) is 3.96. The van der Waals surface area contributed by atoms with Crippen LogP contribution in [0.4, 0.5) is 11.4 Å². The number of aliphatic imine (C=N–C) groups is 1. The fourth-order valence-electron chi connectivity index (χ4n) is 2.92. The van der Waals surface area contributed by atoms with Crippen molar-refractivity contribution in [1.82, 2.24) is 0 Å². The van der Waals surface area contributed by atoms with Crippen LogP contribution in [0.15, 0.2) is 59.6 Å². The molecule has 2 N–H and O–H groups in total. The molecule has 7 nitrogen and oxygen atoms in total. The monoisotopic (exact) mass is 427 g/mol. The maximum Gasteiger partial charge on any atom is 0.247 e. The summed E-state index contributed by atoms with van der Waals surface area (Å²) in [6.07, 6.45) is 0.993. The normalized spacial score (nSPS) is 16.8. The van der Waals surface area contributed by atoms with Gasteiger partial charge in [0.15, 0.2) is 5.17 Å². The van der Waals surface area contributed by atoms with E-state index in [9.17, 15) is 9.59 Å². The van der Waals surface area contributed by atoms with Crippen LogP contribution in [0.5, 0.6) is 5.75 Å². The van der Waals surface area contributed by atoms with Gasteiger partial charge >= 0.3 is 0 Å². The Labute approximate surface area is 180 Å². The predicted octanol–water partition coefficient (Wildman–Crippen LogP) is 3.30. The zero-order chi connectivity index (χ0) is 21.3. The van der Waals surface area contributed by atoms with Crippen molar-refractivity contribution in [3.05, 3.63) is 54.6 Å². The van der Waals surface area contributed by atoms with E-state index in [-0.39, 0.29) is 31.4 Å². The lowest BCUT2D eigenvalue weighted by Gasteiger charge is -2.16. The number of carbonyl (C=O) groups is 2. The molecule has 0 bridgehead atoms. The van der Waals surface area contributed by atoms with Gasteiger partial charge in [0.1, 0.15) is 11.0 Å². The van der Waals surface area contributed by atoms with E-state index in [2.05, 4.69) is 10.3 Å². The fraction of sp³-hybridized carbons (Fsp3) is 0.318. The Morgan fingerprint density at radius 3 is 2.60 bits per heavy atom. The molecule has 3 rings (SSSR count). The number of anilines is 2. The van der Waals surface area contributed by atoms with Crippen molar-refractivity contribution >= 4 is 40.1 Å². The van der Waals surface area contributed by atoms with Crippen LogP contribution in [0, 0.1) is 0 Å². The van der Waals surface area contributed by atoms with Crippen LogP contribution in [0.1, 0.15) is 19.8 Å². The van der Waals surface area contributed by atoms with Crippen molar-refractivity contribution in [2.45, 2.75) is 25.0 Å². The summed E-state index contributed by atoms with van der Waals surface area (Å²) in [5, 5.41) is 12.2. The number of nitrogens with one attached hydrogen (secondary N) is 1. The Morgan fingerprint density at radius 2 is 1.93 bits per heavy atom. The number of rotatable bonds is 8. The zero-order valence-electron chi connectivity index (χ0n) is 16.8. The van der Waals surface area contributed by atoms with Crippen LogP contribution < -0.4 is 15.0 Å². The first-order valence-corrected chi connectivity index (χ1v) is 10.7. The smallest absolute Gasteiger partial charge is 0.247 e. The van der Waals surface area contributed by atoms with Gasteiger partial charge in [0.25, 0.3) is 0 Å². The Kier molecular flexibility index (Phi) is 7.87. The van der Waals surface area contributed by atoms with Crippen LogP contribution in [0.2, 0.25) is 0 Å². The molecule has 1 atom stereocenters. The van der Waals surface area contributed by atoms with Gasteiger partial charge in [-0.15, -0.1) is 0 Å². The van der Waals surface area contributed by atoms with Gasteiger partial charge in [-0.05, 0) is 42.8 Å². The molecule has 2 amide bonds. The summed E-state index contributed by atoms with van der Waals surface area (Å²) in [4.78, 5) is 31.1. The maximum absolute atomic E-state index is 13.0. The molecule has 1 aliphatic heterocycles. The number of aliphatic hydroxyl groups is 1. The van der Waals surface area contributed by atoms with Crippen LogP contribution in [-0.2, 0) is 9.59 Å². The molecule has 1 fully saturated rings. The molecule has 30 heavy (non-hydrogen) atoms. The Hall–Kier alpha value is -2.84. The van der Waals surface area contributed by atoms with Crippen molar-refractivity contribution < 1.29 is 19.4 Å². The zero-order valence-corrected chi connectivity index (χ0v) is 17.6. The number of amidine groups is 1. The number of hydrogen-bond donors (Lipinski definition) is 2. The number of carbonyl (C=O) groups excluding carboxylic acids is 2. The number of thioether (sulfide) groups is 1. The van der Waals surface area contributed by atoms with E-state index in [0.717, 1.165) is 12.1 Å². The predicted molar refractivity (Wildman–Crippen MR) is 120 cm³/mol. The number of ether oxygens (including phenoxy) is 1. The molecule has 0 aromatic heterocycles. The quantitative estimate of drug-likeness (QED) is 0.382. The van der Waals surface area contributed by atoms with E-state index in [0.29, 0.717) is 23.2 Å². The van der Waals surface area contributed by atoms with E-state index < -0.39 is 5.25 Å². The Morgan fingerprint density at radius 1 is 1.20 bits per heavy atom. The van der Waals surface area contributed by atoms with Crippen LogP contribution in [0.25, 0.3) is 0 Å². The van der Waals surface area contributed by atoms with Crippen LogP contribution in [-0.4, -0.2) is 47.1 Å². The first kappa shape index (κ1) is 21.9. The molecule has 2 aromatic rings. The van der Waals surface area contributed by atoms with Crippen molar-refractivity contribution in [1.29, 1.82) is 0 Å². The summed E-state index contributed by atoms with van der Waals surface area (Å²) in [5.74, 6) is 0.177.